The van der Waals surface area contributed by atoms with Crippen LogP contribution in [0.4, 0.5) is 0 Å². The molecule has 84 valence electrons. The number of nitrogens with zero attached hydrogens (tertiary/aromatic N) is 1. The van der Waals surface area contributed by atoms with Crippen molar-refractivity contribution in [1.82, 2.24) is 4.90 Å². The zero-order chi connectivity index (χ0) is 11.1. The third-order valence-electron chi connectivity index (χ3n) is 3.65. The molecule has 1 aliphatic heterocycles. The fourth-order valence-electron chi connectivity index (χ4n) is 2.67. The van der Waals surface area contributed by atoms with Crippen LogP contribution < -0.4 is 0 Å². The lowest BCUT2D eigenvalue weighted by molar-refractivity contribution is 0.185. The van der Waals surface area contributed by atoms with Gasteiger partial charge in [-0.1, -0.05) is 25.1 Å². The molecule has 0 radical (unpaired) electrons. The van der Waals surface area contributed by atoms with Gasteiger partial charge >= 0.3 is 0 Å². The van der Waals surface area contributed by atoms with Crippen LogP contribution in [-0.4, -0.2) is 17.5 Å². The highest BCUT2D eigenvalue weighted by atomic mass is 16.3. The molecular formula is C14H17NO. The number of benzene rings is 1. The van der Waals surface area contributed by atoms with Gasteiger partial charge in [0.15, 0.2) is 0 Å². The van der Waals surface area contributed by atoms with Gasteiger partial charge in [-0.2, -0.15) is 0 Å². The number of hydrogen-bond donors (Lipinski definition) is 0. The Bertz CT molecular complexity index is 514. The summed E-state index contributed by atoms with van der Waals surface area (Å²) in [7, 11) is 0. The Morgan fingerprint density at radius 3 is 3.00 bits per heavy atom. The third-order valence-corrected chi connectivity index (χ3v) is 3.65. The average molecular weight is 215 g/mol. The topological polar surface area (TPSA) is 16.4 Å². The molecule has 16 heavy (non-hydrogen) atoms. The summed E-state index contributed by atoms with van der Waals surface area (Å²) in [5, 5.41) is 1.29. The van der Waals surface area contributed by atoms with Crippen molar-refractivity contribution in [2.75, 3.05) is 6.54 Å². The molecule has 1 unspecified atom stereocenters. The van der Waals surface area contributed by atoms with Crippen LogP contribution in [0.25, 0.3) is 11.0 Å². The van der Waals surface area contributed by atoms with Crippen LogP contribution in [0.3, 0.4) is 0 Å². The van der Waals surface area contributed by atoms with Gasteiger partial charge in [-0.25, -0.2) is 0 Å². The van der Waals surface area contributed by atoms with Crippen molar-refractivity contribution in [2.45, 2.75) is 32.9 Å². The van der Waals surface area contributed by atoms with E-state index >= 15 is 0 Å². The summed E-state index contributed by atoms with van der Waals surface area (Å²) in [4.78, 5) is 2.50. The standard InChI is InChI=1S/C14H17NO/c1-3-15-9-12-11-6-4-5-7-13(11)16-14(12)8-10(15)2/h4-7,10H,3,8-9H2,1-2H3. The maximum Gasteiger partial charge on any atom is 0.134 e. The molecule has 0 amide bonds. The zero-order valence-electron chi connectivity index (χ0n) is 9.86. The first-order valence-electron chi connectivity index (χ1n) is 6.03. The Kier molecular flexibility index (Phi) is 2.25. The number of furan rings is 1. The van der Waals surface area contributed by atoms with Crippen molar-refractivity contribution in [1.29, 1.82) is 0 Å². The summed E-state index contributed by atoms with van der Waals surface area (Å²) in [6.45, 7) is 6.65. The van der Waals surface area contributed by atoms with E-state index in [2.05, 4.69) is 36.9 Å². The van der Waals surface area contributed by atoms with Gasteiger partial charge in [0.2, 0.25) is 0 Å². The van der Waals surface area contributed by atoms with E-state index in [9.17, 15) is 0 Å². The van der Waals surface area contributed by atoms with E-state index in [0.29, 0.717) is 6.04 Å². The van der Waals surface area contributed by atoms with Gasteiger partial charge in [-0.3, -0.25) is 4.90 Å². The maximum absolute atomic E-state index is 5.93. The highest BCUT2D eigenvalue weighted by Gasteiger charge is 2.26. The minimum atomic E-state index is 0.595. The number of rotatable bonds is 1. The normalized spacial score (nSPS) is 21.2. The SMILES string of the molecule is CCN1Cc2c(oc3ccccc23)CC1C. The van der Waals surface area contributed by atoms with E-state index in [0.717, 1.165) is 25.1 Å². The molecular weight excluding hydrogens is 198 g/mol. The van der Waals surface area contributed by atoms with E-state index in [1.165, 1.54) is 16.7 Å². The number of fused-ring (bicyclic) bond motifs is 3. The lowest BCUT2D eigenvalue weighted by atomic mass is 10.00. The lowest BCUT2D eigenvalue weighted by Crippen LogP contribution is -2.37. The quantitative estimate of drug-likeness (QED) is 0.726. The average Bonchev–Trinajstić information content (AvgIpc) is 2.65. The molecule has 2 nitrogen and oxygen atoms in total. The molecule has 3 rings (SSSR count). The first-order chi connectivity index (χ1) is 7.79. The fourth-order valence-corrected chi connectivity index (χ4v) is 2.67. The van der Waals surface area contributed by atoms with Crippen molar-refractivity contribution < 1.29 is 4.42 Å². The Balaban J connectivity index is 2.13. The van der Waals surface area contributed by atoms with Crippen molar-refractivity contribution in [2.24, 2.45) is 0 Å². The summed E-state index contributed by atoms with van der Waals surface area (Å²) in [6, 6.07) is 8.96. The smallest absolute Gasteiger partial charge is 0.134 e. The Labute approximate surface area is 95.9 Å². The van der Waals surface area contributed by atoms with Crippen LogP contribution in [-0.2, 0) is 13.0 Å². The van der Waals surface area contributed by atoms with Crippen LogP contribution in [0.2, 0.25) is 0 Å². The van der Waals surface area contributed by atoms with Gasteiger partial charge in [-0.05, 0) is 19.5 Å². The second-order valence-corrected chi connectivity index (χ2v) is 4.62. The summed E-state index contributed by atoms with van der Waals surface area (Å²) < 4.78 is 5.93. The van der Waals surface area contributed by atoms with Crippen molar-refractivity contribution in [3.8, 4) is 0 Å². The van der Waals surface area contributed by atoms with Crippen LogP contribution in [0, 0.1) is 0 Å². The van der Waals surface area contributed by atoms with Gasteiger partial charge in [0.1, 0.15) is 11.3 Å². The molecule has 2 heterocycles. The second-order valence-electron chi connectivity index (χ2n) is 4.62. The molecule has 2 heteroatoms. The van der Waals surface area contributed by atoms with Crippen LogP contribution in [0.1, 0.15) is 25.2 Å². The molecule has 0 N–H and O–H groups in total. The summed E-state index contributed by atoms with van der Waals surface area (Å²) >= 11 is 0. The van der Waals surface area contributed by atoms with E-state index in [1.54, 1.807) is 0 Å². The molecule has 1 aliphatic rings. The zero-order valence-corrected chi connectivity index (χ0v) is 9.86. The Hall–Kier alpha value is -1.28. The van der Waals surface area contributed by atoms with E-state index in [1.807, 2.05) is 6.07 Å². The monoisotopic (exact) mass is 215 g/mol. The number of likely N-dealkylation sites (N-methyl/N-ethyl adjacent to an activating group) is 1. The second kappa shape index (κ2) is 3.63. The van der Waals surface area contributed by atoms with E-state index in [-0.39, 0.29) is 0 Å². The predicted molar refractivity (Wildman–Crippen MR) is 65.5 cm³/mol. The minimum Gasteiger partial charge on any atom is -0.461 e. The Morgan fingerprint density at radius 1 is 1.38 bits per heavy atom. The fraction of sp³-hybridized carbons (Fsp3) is 0.429. The first-order valence-corrected chi connectivity index (χ1v) is 6.03. The van der Waals surface area contributed by atoms with Gasteiger partial charge in [0, 0.05) is 30.0 Å². The molecule has 2 aromatic rings. The molecule has 0 saturated carbocycles. The molecule has 0 aliphatic carbocycles. The van der Waals surface area contributed by atoms with Crippen LogP contribution >= 0.6 is 0 Å². The van der Waals surface area contributed by atoms with Gasteiger partial charge in [0.05, 0.1) is 0 Å². The van der Waals surface area contributed by atoms with Crippen LogP contribution in [0.15, 0.2) is 28.7 Å². The summed E-state index contributed by atoms with van der Waals surface area (Å²) in [5.41, 5.74) is 2.44. The number of para-hydroxylation sites is 1. The Morgan fingerprint density at radius 2 is 2.19 bits per heavy atom. The minimum absolute atomic E-state index is 0.595. The molecule has 0 fully saturated rings. The largest absolute Gasteiger partial charge is 0.461 e. The van der Waals surface area contributed by atoms with E-state index < -0.39 is 0 Å². The summed E-state index contributed by atoms with van der Waals surface area (Å²) in [6.07, 6.45) is 1.04. The molecule has 1 atom stereocenters. The van der Waals surface area contributed by atoms with Gasteiger partial charge in [0.25, 0.3) is 0 Å². The predicted octanol–water partition coefficient (Wildman–Crippen LogP) is 3.20. The first kappa shape index (κ1) is 9.91. The van der Waals surface area contributed by atoms with Crippen molar-refractivity contribution in [3.05, 3.63) is 35.6 Å². The van der Waals surface area contributed by atoms with Gasteiger partial charge in [-0.15, -0.1) is 0 Å². The van der Waals surface area contributed by atoms with Gasteiger partial charge < -0.3 is 4.42 Å². The van der Waals surface area contributed by atoms with Crippen molar-refractivity contribution >= 4 is 11.0 Å². The number of hydrogen-bond acceptors (Lipinski definition) is 2. The summed E-state index contributed by atoms with van der Waals surface area (Å²) in [5.74, 6) is 1.19. The third kappa shape index (κ3) is 1.37. The highest BCUT2D eigenvalue weighted by Crippen LogP contribution is 2.32. The maximum atomic E-state index is 5.93. The molecule has 0 saturated heterocycles. The molecule has 1 aromatic heterocycles. The van der Waals surface area contributed by atoms with Crippen molar-refractivity contribution in [3.63, 3.8) is 0 Å². The lowest BCUT2D eigenvalue weighted by Gasteiger charge is -2.31. The molecule has 0 bridgehead atoms. The molecule has 0 spiro atoms. The van der Waals surface area contributed by atoms with E-state index in [4.69, 9.17) is 4.42 Å². The van der Waals surface area contributed by atoms with Crippen LogP contribution in [0.5, 0.6) is 0 Å². The molecule has 1 aromatic carbocycles. The highest BCUT2D eigenvalue weighted by molar-refractivity contribution is 5.82.